The van der Waals surface area contributed by atoms with Gasteiger partial charge in [0.1, 0.15) is 10.7 Å². The fourth-order valence-corrected chi connectivity index (χ4v) is 4.08. The van der Waals surface area contributed by atoms with Crippen LogP contribution in [-0.2, 0) is 19.4 Å². The van der Waals surface area contributed by atoms with E-state index in [1.165, 1.54) is 23.3 Å². The number of nitrogens with one attached hydrogen (secondary N) is 2. The topological polar surface area (TPSA) is 61.0 Å². The van der Waals surface area contributed by atoms with Gasteiger partial charge in [-0.1, -0.05) is 0 Å². The standard InChI is InChI=1S/C15H22N4OS/c1-19(2)8-7-16-9-12-17-14(20)13-10-5-3-4-6-11(10)21-15(13)18-12/h16H,3-9H2,1-2H3,(H,17,18,20). The molecule has 0 amide bonds. The zero-order valence-corrected chi connectivity index (χ0v) is 13.5. The van der Waals surface area contributed by atoms with Crippen molar-refractivity contribution in [1.82, 2.24) is 20.2 Å². The summed E-state index contributed by atoms with van der Waals surface area (Å²) in [5, 5.41) is 4.16. The number of H-pyrrole nitrogens is 1. The van der Waals surface area contributed by atoms with Gasteiger partial charge in [0.15, 0.2) is 0 Å². The number of aryl methyl sites for hydroxylation is 2. The number of rotatable bonds is 5. The fourth-order valence-electron chi connectivity index (χ4n) is 2.80. The summed E-state index contributed by atoms with van der Waals surface area (Å²) in [4.78, 5) is 24.3. The highest BCUT2D eigenvalue weighted by Crippen LogP contribution is 2.33. The van der Waals surface area contributed by atoms with Gasteiger partial charge in [-0.2, -0.15) is 0 Å². The van der Waals surface area contributed by atoms with Crippen molar-refractivity contribution in [1.29, 1.82) is 0 Å². The van der Waals surface area contributed by atoms with Crippen molar-refractivity contribution in [2.24, 2.45) is 0 Å². The van der Waals surface area contributed by atoms with E-state index in [0.717, 1.165) is 42.0 Å². The van der Waals surface area contributed by atoms with E-state index in [4.69, 9.17) is 0 Å². The first-order valence-corrected chi connectivity index (χ1v) is 8.35. The number of thiophene rings is 1. The third kappa shape index (κ3) is 3.17. The van der Waals surface area contributed by atoms with Crippen molar-refractivity contribution in [2.45, 2.75) is 32.2 Å². The third-order valence-corrected chi connectivity index (χ3v) is 5.09. The van der Waals surface area contributed by atoms with Crippen LogP contribution in [-0.4, -0.2) is 42.1 Å². The number of hydrogen-bond acceptors (Lipinski definition) is 5. The molecule has 0 aliphatic heterocycles. The average Bonchev–Trinajstić information content (AvgIpc) is 2.82. The Balaban J connectivity index is 1.81. The van der Waals surface area contributed by atoms with Gasteiger partial charge in [0.25, 0.3) is 5.56 Å². The van der Waals surface area contributed by atoms with E-state index in [-0.39, 0.29) is 5.56 Å². The lowest BCUT2D eigenvalue weighted by atomic mass is 9.97. The van der Waals surface area contributed by atoms with Gasteiger partial charge in [-0.25, -0.2) is 4.98 Å². The summed E-state index contributed by atoms with van der Waals surface area (Å²) in [6.07, 6.45) is 4.55. The molecule has 5 nitrogen and oxygen atoms in total. The van der Waals surface area contributed by atoms with Crippen LogP contribution in [0, 0.1) is 0 Å². The van der Waals surface area contributed by atoms with Crippen LogP contribution in [0.25, 0.3) is 10.2 Å². The minimum Gasteiger partial charge on any atom is -0.309 e. The molecule has 0 spiro atoms. The molecule has 0 unspecified atom stereocenters. The van der Waals surface area contributed by atoms with Crippen LogP contribution in [0.3, 0.4) is 0 Å². The lowest BCUT2D eigenvalue weighted by Crippen LogP contribution is -2.27. The third-order valence-electron chi connectivity index (χ3n) is 3.90. The monoisotopic (exact) mass is 306 g/mol. The van der Waals surface area contributed by atoms with E-state index < -0.39 is 0 Å². The molecule has 0 atom stereocenters. The molecule has 3 rings (SSSR count). The molecule has 2 aromatic heterocycles. The average molecular weight is 306 g/mol. The largest absolute Gasteiger partial charge is 0.309 e. The summed E-state index contributed by atoms with van der Waals surface area (Å²) in [5.41, 5.74) is 1.28. The van der Waals surface area contributed by atoms with Crippen molar-refractivity contribution in [3.8, 4) is 0 Å². The molecule has 1 aliphatic carbocycles. The summed E-state index contributed by atoms with van der Waals surface area (Å²) in [6, 6.07) is 0. The number of hydrogen-bond donors (Lipinski definition) is 2. The Kier molecular flexibility index (Phi) is 4.37. The first kappa shape index (κ1) is 14.7. The maximum atomic E-state index is 12.3. The molecule has 114 valence electrons. The molecule has 0 fully saturated rings. The van der Waals surface area contributed by atoms with Crippen LogP contribution >= 0.6 is 11.3 Å². The maximum absolute atomic E-state index is 12.3. The van der Waals surface area contributed by atoms with Gasteiger partial charge >= 0.3 is 0 Å². The van der Waals surface area contributed by atoms with Gasteiger partial charge in [-0.05, 0) is 45.3 Å². The van der Waals surface area contributed by atoms with Crippen LogP contribution in [0.5, 0.6) is 0 Å². The molecule has 0 bridgehead atoms. The zero-order valence-electron chi connectivity index (χ0n) is 12.7. The van der Waals surface area contributed by atoms with Gasteiger partial charge in [0.05, 0.1) is 11.9 Å². The minimum absolute atomic E-state index is 0.0313. The van der Waals surface area contributed by atoms with E-state index in [2.05, 4.69) is 20.2 Å². The van der Waals surface area contributed by atoms with Gasteiger partial charge in [-0.3, -0.25) is 4.79 Å². The van der Waals surface area contributed by atoms with Crippen LogP contribution in [0.2, 0.25) is 0 Å². The first-order chi connectivity index (χ1) is 10.1. The number of likely N-dealkylation sites (N-methyl/N-ethyl adjacent to an activating group) is 1. The Morgan fingerprint density at radius 3 is 2.95 bits per heavy atom. The lowest BCUT2D eigenvalue weighted by molar-refractivity contribution is 0.399. The SMILES string of the molecule is CN(C)CCNCc1nc2sc3c(c2c(=O)[nH]1)CCCC3. The molecule has 1 aliphatic rings. The van der Waals surface area contributed by atoms with Crippen LogP contribution < -0.4 is 10.9 Å². The Morgan fingerprint density at radius 2 is 2.14 bits per heavy atom. The van der Waals surface area contributed by atoms with E-state index in [9.17, 15) is 4.79 Å². The van der Waals surface area contributed by atoms with Crippen molar-refractivity contribution >= 4 is 21.6 Å². The molecule has 0 radical (unpaired) electrons. The van der Waals surface area contributed by atoms with Gasteiger partial charge in [0.2, 0.25) is 0 Å². The van der Waals surface area contributed by atoms with E-state index in [1.54, 1.807) is 11.3 Å². The molecule has 2 aromatic rings. The predicted octanol–water partition coefficient (Wildman–Crippen LogP) is 1.51. The molecule has 2 heterocycles. The summed E-state index contributed by atoms with van der Waals surface area (Å²) < 4.78 is 0. The summed E-state index contributed by atoms with van der Waals surface area (Å²) in [6.45, 7) is 2.47. The second-order valence-corrected chi connectivity index (χ2v) is 6.97. The molecule has 0 saturated carbocycles. The second-order valence-electron chi connectivity index (χ2n) is 5.88. The molecule has 6 heteroatoms. The summed E-state index contributed by atoms with van der Waals surface area (Å²) in [7, 11) is 4.09. The highest BCUT2D eigenvalue weighted by Gasteiger charge is 2.19. The van der Waals surface area contributed by atoms with E-state index in [0.29, 0.717) is 6.54 Å². The molecule has 2 N–H and O–H groups in total. The van der Waals surface area contributed by atoms with Gasteiger partial charge in [-0.15, -0.1) is 11.3 Å². The van der Waals surface area contributed by atoms with Crippen molar-refractivity contribution < 1.29 is 0 Å². The Hall–Kier alpha value is -1.24. The number of aromatic nitrogens is 2. The van der Waals surface area contributed by atoms with E-state index in [1.807, 2.05) is 14.1 Å². The molecule has 0 saturated heterocycles. The van der Waals surface area contributed by atoms with Crippen molar-refractivity contribution in [3.05, 3.63) is 26.6 Å². The molecular weight excluding hydrogens is 284 g/mol. The quantitative estimate of drug-likeness (QED) is 0.822. The number of nitrogens with zero attached hydrogens (tertiary/aromatic N) is 2. The highest BCUT2D eigenvalue weighted by atomic mass is 32.1. The Morgan fingerprint density at radius 1 is 1.33 bits per heavy atom. The van der Waals surface area contributed by atoms with Gasteiger partial charge < -0.3 is 15.2 Å². The normalized spacial score (nSPS) is 14.8. The molecule has 21 heavy (non-hydrogen) atoms. The first-order valence-electron chi connectivity index (χ1n) is 7.54. The zero-order chi connectivity index (χ0) is 14.8. The minimum atomic E-state index is 0.0313. The van der Waals surface area contributed by atoms with Crippen LogP contribution in [0.1, 0.15) is 29.1 Å². The molecular formula is C15H22N4OS. The Labute approximate surface area is 128 Å². The second kappa shape index (κ2) is 6.25. The predicted molar refractivity (Wildman–Crippen MR) is 87.1 cm³/mol. The number of fused-ring (bicyclic) bond motifs is 3. The van der Waals surface area contributed by atoms with Crippen LogP contribution in [0.15, 0.2) is 4.79 Å². The smallest absolute Gasteiger partial charge is 0.259 e. The highest BCUT2D eigenvalue weighted by molar-refractivity contribution is 7.18. The van der Waals surface area contributed by atoms with Crippen molar-refractivity contribution in [3.63, 3.8) is 0 Å². The van der Waals surface area contributed by atoms with E-state index >= 15 is 0 Å². The fraction of sp³-hybridized carbons (Fsp3) is 0.600. The van der Waals surface area contributed by atoms with Crippen molar-refractivity contribution in [2.75, 3.05) is 27.2 Å². The maximum Gasteiger partial charge on any atom is 0.259 e. The summed E-state index contributed by atoms with van der Waals surface area (Å²) >= 11 is 1.71. The molecule has 0 aromatic carbocycles. The lowest BCUT2D eigenvalue weighted by Gasteiger charge is -2.10. The summed E-state index contributed by atoms with van der Waals surface area (Å²) in [5.74, 6) is 0.741. The Bertz CT molecular complexity index is 689. The number of aromatic amines is 1. The van der Waals surface area contributed by atoms with Crippen LogP contribution in [0.4, 0.5) is 0 Å². The van der Waals surface area contributed by atoms with Gasteiger partial charge in [0, 0.05) is 18.0 Å².